The van der Waals surface area contributed by atoms with Gasteiger partial charge in [0.05, 0.1) is 27.3 Å². The monoisotopic (exact) mass is 296 g/mol. The van der Waals surface area contributed by atoms with Gasteiger partial charge in [-0.25, -0.2) is 0 Å². The van der Waals surface area contributed by atoms with E-state index in [4.69, 9.17) is 9.47 Å². The zero-order chi connectivity index (χ0) is 15.6. The van der Waals surface area contributed by atoms with Gasteiger partial charge in [-0.1, -0.05) is 0 Å². The number of rotatable bonds is 7. The number of methoxy groups -OCH3 is 2. The molecule has 0 fully saturated rings. The average Bonchev–Trinajstić information content (AvgIpc) is 2.59. The van der Waals surface area contributed by atoms with Crippen molar-refractivity contribution in [3.8, 4) is 11.5 Å². The summed E-state index contributed by atoms with van der Waals surface area (Å²) in [4.78, 5) is 8.71. The van der Waals surface area contributed by atoms with E-state index in [1.165, 1.54) is 0 Å². The van der Waals surface area contributed by atoms with Gasteiger partial charge >= 0.3 is 0 Å². The summed E-state index contributed by atoms with van der Waals surface area (Å²) in [7, 11) is 3.31. The predicted octanol–water partition coefficient (Wildman–Crippen LogP) is 3.24. The molecule has 4 nitrogen and oxygen atoms in total. The van der Waals surface area contributed by atoms with Crippen molar-refractivity contribution < 1.29 is 9.47 Å². The first-order valence-electron chi connectivity index (χ1n) is 7.09. The molecule has 0 spiro atoms. The number of hydrogen-bond acceptors (Lipinski definition) is 4. The third kappa shape index (κ3) is 5.05. The van der Waals surface area contributed by atoms with Crippen molar-refractivity contribution in [2.45, 2.75) is 0 Å². The molecule has 0 atom stereocenters. The minimum absolute atomic E-state index is 0.665. The summed E-state index contributed by atoms with van der Waals surface area (Å²) in [6.45, 7) is 1.33. The molecule has 0 aliphatic heterocycles. The molecule has 0 saturated carbocycles. The van der Waals surface area contributed by atoms with E-state index in [0.29, 0.717) is 13.1 Å². The maximum atomic E-state index is 5.11. The molecule has 0 bridgehead atoms. The molecule has 2 aromatic rings. The van der Waals surface area contributed by atoms with Crippen LogP contribution in [0.4, 0.5) is 0 Å². The van der Waals surface area contributed by atoms with Gasteiger partial charge in [-0.05, 0) is 59.7 Å². The molecule has 0 unspecified atom stereocenters. The van der Waals surface area contributed by atoms with Crippen LogP contribution in [0.25, 0.3) is 0 Å². The third-order valence-electron chi connectivity index (χ3n) is 3.07. The molecule has 0 aliphatic rings. The molecule has 2 aromatic carbocycles. The molecule has 0 aromatic heterocycles. The zero-order valence-corrected chi connectivity index (χ0v) is 12.9. The first-order chi connectivity index (χ1) is 10.8. The minimum Gasteiger partial charge on any atom is -0.497 e. The lowest BCUT2D eigenvalue weighted by Crippen LogP contribution is -1.91. The van der Waals surface area contributed by atoms with Crippen LogP contribution < -0.4 is 9.47 Å². The van der Waals surface area contributed by atoms with Crippen molar-refractivity contribution in [2.24, 2.45) is 9.98 Å². The molecule has 0 N–H and O–H groups in total. The van der Waals surface area contributed by atoms with Crippen LogP contribution in [-0.4, -0.2) is 39.7 Å². The lowest BCUT2D eigenvalue weighted by atomic mass is 10.2. The van der Waals surface area contributed by atoms with Crippen LogP contribution in [0.3, 0.4) is 0 Å². The summed E-state index contributed by atoms with van der Waals surface area (Å²) in [6, 6.07) is 15.6. The van der Waals surface area contributed by atoms with Crippen molar-refractivity contribution in [3.63, 3.8) is 0 Å². The Hall–Kier alpha value is -2.62. The summed E-state index contributed by atoms with van der Waals surface area (Å²) < 4.78 is 10.2. The molecule has 22 heavy (non-hydrogen) atoms. The van der Waals surface area contributed by atoms with E-state index in [1.54, 1.807) is 14.2 Å². The highest BCUT2D eigenvalue weighted by Crippen LogP contribution is 2.10. The number of ether oxygens (including phenoxy) is 2. The quantitative estimate of drug-likeness (QED) is 0.581. The van der Waals surface area contributed by atoms with Gasteiger partial charge in [0.1, 0.15) is 11.5 Å². The molecule has 114 valence electrons. The molecule has 0 saturated heterocycles. The maximum absolute atomic E-state index is 5.11. The lowest BCUT2D eigenvalue weighted by Gasteiger charge is -1.99. The Morgan fingerprint density at radius 3 is 1.36 bits per heavy atom. The number of hydrogen-bond donors (Lipinski definition) is 0. The molecule has 2 rings (SSSR count). The van der Waals surface area contributed by atoms with Crippen LogP contribution in [0.2, 0.25) is 0 Å². The molecule has 0 heterocycles. The Balaban J connectivity index is 1.75. The van der Waals surface area contributed by atoms with Gasteiger partial charge < -0.3 is 9.47 Å². The fraction of sp³-hybridized carbons (Fsp3) is 0.222. The molecule has 0 radical (unpaired) electrons. The minimum atomic E-state index is 0.665. The number of aliphatic imine (C=N–C) groups is 2. The average molecular weight is 296 g/mol. The van der Waals surface area contributed by atoms with E-state index < -0.39 is 0 Å². The normalized spacial score (nSPS) is 11.2. The lowest BCUT2D eigenvalue weighted by molar-refractivity contribution is 0.414. The highest BCUT2D eigenvalue weighted by Gasteiger charge is 1.91. The van der Waals surface area contributed by atoms with Crippen LogP contribution in [-0.2, 0) is 0 Å². The third-order valence-corrected chi connectivity index (χ3v) is 3.07. The Morgan fingerprint density at radius 1 is 0.682 bits per heavy atom. The molecule has 0 amide bonds. The Bertz CT molecular complexity index is 559. The van der Waals surface area contributed by atoms with Crippen molar-refractivity contribution in [3.05, 3.63) is 59.7 Å². The second-order valence-corrected chi connectivity index (χ2v) is 4.62. The summed E-state index contributed by atoms with van der Waals surface area (Å²) >= 11 is 0. The Labute approximate surface area is 131 Å². The van der Waals surface area contributed by atoms with Gasteiger partial charge in [-0.15, -0.1) is 0 Å². The van der Waals surface area contributed by atoms with E-state index in [-0.39, 0.29) is 0 Å². The Morgan fingerprint density at radius 2 is 1.05 bits per heavy atom. The van der Waals surface area contributed by atoms with E-state index in [1.807, 2.05) is 61.0 Å². The highest BCUT2D eigenvalue weighted by molar-refractivity contribution is 5.80. The molecular formula is C18H20N2O2. The first-order valence-corrected chi connectivity index (χ1v) is 7.09. The topological polar surface area (TPSA) is 43.2 Å². The van der Waals surface area contributed by atoms with Crippen LogP contribution in [0.5, 0.6) is 11.5 Å². The number of benzene rings is 2. The van der Waals surface area contributed by atoms with Gasteiger partial charge in [-0.3, -0.25) is 9.98 Å². The molecule has 0 aliphatic carbocycles. The van der Waals surface area contributed by atoms with Gasteiger partial charge in [-0.2, -0.15) is 0 Å². The second kappa shape index (κ2) is 8.62. The first kappa shape index (κ1) is 15.8. The zero-order valence-electron chi connectivity index (χ0n) is 12.9. The fourth-order valence-corrected chi connectivity index (χ4v) is 1.84. The van der Waals surface area contributed by atoms with Crippen LogP contribution in [0, 0.1) is 0 Å². The maximum Gasteiger partial charge on any atom is 0.118 e. The SMILES string of the molecule is COc1ccc(/C=N\CC/N=C\c2ccc(OC)cc2)cc1. The van der Waals surface area contributed by atoms with E-state index >= 15 is 0 Å². The van der Waals surface area contributed by atoms with Crippen molar-refractivity contribution >= 4 is 12.4 Å². The van der Waals surface area contributed by atoms with Crippen molar-refractivity contribution in [2.75, 3.05) is 27.3 Å². The largest absolute Gasteiger partial charge is 0.497 e. The summed E-state index contributed by atoms with van der Waals surface area (Å²) in [5.74, 6) is 1.70. The summed E-state index contributed by atoms with van der Waals surface area (Å²) in [5, 5.41) is 0. The Kier molecular flexibility index (Phi) is 6.18. The van der Waals surface area contributed by atoms with E-state index in [9.17, 15) is 0 Å². The predicted molar refractivity (Wildman–Crippen MR) is 90.9 cm³/mol. The standard InChI is InChI=1S/C18H20N2O2/c1-21-17-7-3-15(4-8-17)13-19-11-12-20-14-16-5-9-18(22-2)10-6-16/h3-10,13-14H,11-12H2,1-2H3/b19-13-,20-14-. The van der Waals surface area contributed by atoms with Crippen molar-refractivity contribution in [1.29, 1.82) is 0 Å². The summed E-state index contributed by atoms with van der Waals surface area (Å²) in [6.07, 6.45) is 3.70. The van der Waals surface area contributed by atoms with Crippen LogP contribution in [0.1, 0.15) is 11.1 Å². The van der Waals surface area contributed by atoms with Crippen LogP contribution in [0.15, 0.2) is 58.5 Å². The molecular weight excluding hydrogens is 276 g/mol. The van der Waals surface area contributed by atoms with E-state index in [0.717, 1.165) is 22.6 Å². The second-order valence-electron chi connectivity index (χ2n) is 4.62. The van der Waals surface area contributed by atoms with Gasteiger partial charge in [0, 0.05) is 12.4 Å². The van der Waals surface area contributed by atoms with E-state index in [2.05, 4.69) is 9.98 Å². The van der Waals surface area contributed by atoms with Crippen molar-refractivity contribution in [1.82, 2.24) is 0 Å². The van der Waals surface area contributed by atoms with Gasteiger partial charge in [0.25, 0.3) is 0 Å². The molecule has 4 heteroatoms. The fourth-order valence-electron chi connectivity index (χ4n) is 1.84. The highest BCUT2D eigenvalue weighted by atomic mass is 16.5. The summed E-state index contributed by atoms with van der Waals surface area (Å²) in [5.41, 5.74) is 2.11. The smallest absolute Gasteiger partial charge is 0.118 e. The van der Waals surface area contributed by atoms with Crippen LogP contribution >= 0.6 is 0 Å². The number of nitrogens with zero attached hydrogens (tertiary/aromatic N) is 2. The van der Waals surface area contributed by atoms with Gasteiger partial charge in [0.15, 0.2) is 0 Å². The van der Waals surface area contributed by atoms with Gasteiger partial charge in [0.2, 0.25) is 0 Å².